The normalized spacial score (nSPS) is 21.6. The number of ether oxygens (including phenoxy) is 1. The van der Waals surface area contributed by atoms with Gasteiger partial charge in [-0.2, -0.15) is 0 Å². The number of amides is 2. The summed E-state index contributed by atoms with van der Waals surface area (Å²) in [4.78, 5) is 17.0. The first-order valence-corrected chi connectivity index (χ1v) is 11.1. The highest BCUT2D eigenvalue weighted by atomic mass is 16.5. The zero-order chi connectivity index (χ0) is 21.5. The molecule has 1 aliphatic carbocycles. The molecule has 1 aromatic rings. The molecule has 6 nitrogen and oxygen atoms in total. The van der Waals surface area contributed by atoms with Crippen LogP contribution in [0.1, 0.15) is 37.7 Å². The Labute approximate surface area is 180 Å². The maximum absolute atomic E-state index is 13.0. The van der Waals surface area contributed by atoms with E-state index in [1.807, 2.05) is 48.2 Å². The zero-order valence-corrected chi connectivity index (χ0v) is 18.4. The van der Waals surface area contributed by atoms with Crippen LogP contribution in [0.5, 0.6) is 5.75 Å². The summed E-state index contributed by atoms with van der Waals surface area (Å²) in [5.74, 6) is 2.21. The highest BCUT2D eigenvalue weighted by Gasteiger charge is 2.33. The lowest BCUT2D eigenvalue weighted by Crippen LogP contribution is -2.46. The van der Waals surface area contributed by atoms with Crippen LogP contribution < -0.4 is 15.8 Å². The number of fused-ring (bicyclic) bond motifs is 1. The smallest absolute Gasteiger partial charge is 0.321 e. The molecule has 164 valence electrons. The number of nitrogens with zero attached hydrogens (tertiary/aromatic N) is 2. The van der Waals surface area contributed by atoms with Crippen molar-refractivity contribution in [2.75, 3.05) is 45.7 Å². The zero-order valence-electron chi connectivity index (χ0n) is 18.4. The van der Waals surface area contributed by atoms with E-state index in [9.17, 15) is 4.79 Å². The number of nitrogens with two attached hydrogens (primary N) is 1. The maximum Gasteiger partial charge on any atom is 0.321 e. The molecule has 6 heteroatoms. The summed E-state index contributed by atoms with van der Waals surface area (Å²) in [7, 11) is 3.95. The second-order valence-electron chi connectivity index (χ2n) is 8.50. The van der Waals surface area contributed by atoms with Crippen molar-refractivity contribution in [3.05, 3.63) is 42.5 Å². The Morgan fingerprint density at radius 3 is 2.77 bits per heavy atom. The molecule has 0 aromatic heterocycles. The highest BCUT2D eigenvalue weighted by molar-refractivity contribution is 5.90. The van der Waals surface area contributed by atoms with Crippen molar-refractivity contribution in [3.63, 3.8) is 0 Å². The van der Waals surface area contributed by atoms with E-state index in [4.69, 9.17) is 10.5 Å². The van der Waals surface area contributed by atoms with Gasteiger partial charge in [0.15, 0.2) is 0 Å². The van der Waals surface area contributed by atoms with E-state index < -0.39 is 0 Å². The first-order valence-electron chi connectivity index (χ1n) is 11.1. The quantitative estimate of drug-likeness (QED) is 0.660. The van der Waals surface area contributed by atoms with Crippen LogP contribution in [-0.2, 0) is 0 Å². The molecule has 2 unspecified atom stereocenters. The fraction of sp³-hybridized carbons (Fsp3) is 0.542. The molecule has 1 aliphatic heterocycles. The van der Waals surface area contributed by atoms with Gasteiger partial charge in [-0.1, -0.05) is 31.9 Å². The molecule has 2 atom stereocenters. The van der Waals surface area contributed by atoms with Crippen LogP contribution >= 0.6 is 0 Å². The molecule has 0 spiro atoms. The van der Waals surface area contributed by atoms with Gasteiger partial charge in [-0.3, -0.25) is 0 Å². The number of carbonyl (C=O) groups excluding carboxylic acids is 1. The number of nitrogens with one attached hydrogen (secondary N) is 1. The predicted molar refractivity (Wildman–Crippen MR) is 124 cm³/mol. The predicted octanol–water partition coefficient (Wildman–Crippen LogP) is 4.16. The van der Waals surface area contributed by atoms with Gasteiger partial charge in [0.25, 0.3) is 0 Å². The van der Waals surface area contributed by atoms with E-state index in [0.29, 0.717) is 19.1 Å². The Bertz CT molecular complexity index is 774. The number of allylic oxidation sites excluding steroid dienone is 2. The van der Waals surface area contributed by atoms with Gasteiger partial charge in [0.1, 0.15) is 12.4 Å². The van der Waals surface area contributed by atoms with Crippen molar-refractivity contribution in [1.82, 2.24) is 9.80 Å². The van der Waals surface area contributed by atoms with Gasteiger partial charge in [-0.25, -0.2) is 4.79 Å². The molecule has 1 saturated heterocycles. The standard InChI is InChI=1S/C24H36N4O2/c1-4-7-22(27(2)3)21-16-20(10-11-23(21)30-15-13-25)26-24(29)28-14-12-18-8-5-6-9-19(18)17-28/h4,7,10-11,16,18-19H,1,5-6,8-9,12-15,17,25H2,2-3H3,(H,26,29)/b22-7-. The second kappa shape index (κ2) is 10.5. The van der Waals surface area contributed by atoms with Gasteiger partial charge in [0, 0.05) is 50.7 Å². The highest BCUT2D eigenvalue weighted by Crippen LogP contribution is 2.36. The summed E-state index contributed by atoms with van der Waals surface area (Å²) in [5, 5.41) is 3.10. The van der Waals surface area contributed by atoms with Crippen molar-refractivity contribution in [2.45, 2.75) is 32.1 Å². The molecular weight excluding hydrogens is 376 g/mol. The van der Waals surface area contributed by atoms with E-state index in [1.165, 1.54) is 25.7 Å². The average molecular weight is 413 g/mol. The van der Waals surface area contributed by atoms with Crippen LogP contribution in [0.15, 0.2) is 36.9 Å². The molecule has 0 bridgehead atoms. The number of urea groups is 1. The van der Waals surface area contributed by atoms with E-state index in [1.54, 1.807) is 6.08 Å². The van der Waals surface area contributed by atoms with Crippen molar-refractivity contribution in [3.8, 4) is 5.75 Å². The number of likely N-dealkylation sites (tertiary alicyclic amines) is 1. The summed E-state index contributed by atoms with van der Waals surface area (Å²) >= 11 is 0. The number of anilines is 1. The lowest BCUT2D eigenvalue weighted by atomic mass is 9.75. The largest absolute Gasteiger partial charge is 0.492 e. The summed E-state index contributed by atoms with van der Waals surface area (Å²) in [6, 6.07) is 5.74. The Morgan fingerprint density at radius 2 is 2.07 bits per heavy atom. The average Bonchev–Trinajstić information content (AvgIpc) is 2.76. The molecule has 1 saturated carbocycles. The summed E-state index contributed by atoms with van der Waals surface area (Å²) in [6.07, 6.45) is 10.0. The van der Waals surface area contributed by atoms with Gasteiger partial charge < -0.3 is 25.6 Å². The molecule has 1 heterocycles. The van der Waals surface area contributed by atoms with Crippen LogP contribution in [0.25, 0.3) is 5.70 Å². The Morgan fingerprint density at radius 1 is 1.30 bits per heavy atom. The summed E-state index contributed by atoms with van der Waals surface area (Å²) in [5.41, 5.74) is 8.23. The maximum atomic E-state index is 13.0. The third-order valence-electron chi connectivity index (χ3n) is 6.22. The van der Waals surface area contributed by atoms with Crippen molar-refractivity contribution in [2.24, 2.45) is 17.6 Å². The van der Waals surface area contributed by atoms with E-state index in [0.717, 1.165) is 48.1 Å². The molecule has 2 amide bonds. The van der Waals surface area contributed by atoms with Crippen molar-refractivity contribution < 1.29 is 9.53 Å². The minimum atomic E-state index is -0.0142. The number of benzene rings is 1. The van der Waals surface area contributed by atoms with Crippen molar-refractivity contribution >= 4 is 17.4 Å². The second-order valence-corrected chi connectivity index (χ2v) is 8.50. The van der Waals surface area contributed by atoms with Crippen LogP contribution in [0.4, 0.5) is 10.5 Å². The number of piperidine rings is 1. The molecule has 30 heavy (non-hydrogen) atoms. The van der Waals surface area contributed by atoms with E-state index >= 15 is 0 Å². The first kappa shape index (κ1) is 22.2. The van der Waals surface area contributed by atoms with Gasteiger partial charge in [0.05, 0.1) is 0 Å². The molecule has 1 aromatic carbocycles. The number of carbonyl (C=O) groups is 1. The first-order chi connectivity index (χ1) is 14.5. The summed E-state index contributed by atoms with van der Waals surface area (Å²) in [6.45, 7) is 6.42. The Balaban J connectivity index is 1.76. The minimum absolute atomic E-state index is 0.0142. The van der Waals surface area contributed by atoms with Gasteiger partial charge >= 0.3 is 6.03 Å². The van der Waals surface area contributed by atoms with E-state index in [-0.39, 0.29) is 6.03 Å². The molecular formula is C24H36N4O2. The van der Waals surface area contributed by atoms with Crippen LogP contribution in [0.2, 0.25) is 0 Å². The molecule has 2 aliphatic rings. The van der Waals surface area contributed by atoms with Crippen LogP contribution in [0, 0.1) is 11.8 Å². The van der Waals surface area contributed by atoms with Gasteiger partial charge in [-0.05, 0) is 49.0 Å². The Hall–Kier alpha value is -2.47. The van der Waals surface area contributed by atoms with E-state index in [2.05, 4.69) is 11.9 Å². The van der Waals surface area contributed by atoms with Crippen LogP contribution in [-0.4, -0.2) is 56.2 Å². The number of hydrogen-bond acceptors (Lipinski definition) is 4. The Kier molecular flexibility index (Phi) is 7.80. The lowest BCUT2D eigenvalue weighted by Gasteiger charge is -2.41. The lowest BCUT2D eigenvalue weighted by molar-refractivity contribution is 0.108. The van der Waals surface area contributed by atoms with Crippen LogP contribution in [0.3, 0.4) is 0 Å². The SMILES string of the molecule is C=C/C=C(/c1cc(NC(=O)N2CCC3CCCCC3C2)ccc1OCCN)N(C)C. The monoisotopic (exact) mass is 412 g/mol. The molecule has 3 rings (SSSR count). The fourth-order valence-corrected chi connectivity index (χ4v) is 4.68. The third-order valence-corrected chi connectivity index (χ3v) is 6.22. The topological polar surface area (TPSA) is 70.8 Å². The molecule has 3 N–H and O–H groups in total. The fourth-order valence-electron chi connectivity index (χ4n) is 4.68. The third kappa shape index (κ3) is 5.36. The molecule has 2 fully saturated rings. The molecule has 0 radical (unpaired) electrons. The summed E-state index contributed by atoms with van der Waals surface area (Å²) < 4.78 is 5.85. The van der Waals surface area contributed by atoms with Crippen molar-refractivity contribution in [1.29, 1.82) is 0 Å². The number of rotatable bonds is 7. The minimum Gasteiger partial charge on any atom is -0.492 e. The number of hydrogen-bond donors (Lipinski definition) is 2. The van der Waals surface area contributed by atoms with Gasteiger partial charge in [0.2, 0.25) is 0 Å². The van der Waals surface area contributed by atoms with Gasteiger partial charge in [-0.15, -0.1) is 0 Å².